The Morgan fingerprint density at radius 1 is 1.17 bits per heavy atom. The summed E-state index contributed by atoms with van der Waals surface area (Å²) in [5, 5.41) is 3.38. The molecule has 0 aliphatic rings. The zero-order chi connectivity index (χ0) is 17.1. The third-order valence-electron chi connectivity index (χ3n) is 3.94. The Hall–Kier alpha value is -2.33. The molecule has 4 nitrogen and oxygen atoms in total. The molecule has 0 radical (unpaired) electrons. The fourth-order valence-corrected chi connectivity index (χ4v) is 3.10. The van der Waals surface area contributed by atoms with Crippen molar-refractivity contribution in [3.63, 3.8) is 0 Å². The second-order valence-electron chi connectivity index (χ2n) is 5.97. The van der Waals surface area contributed by atoms with Crippen LogP contribution in [0.15, 0.2) is 48.5 Å². The molecule has 0 unspecified atom stereocenters. The molecule has 0 fully saturated rings. The van der Waals surface area contributed by atoms with Gasteiger partial charge in [0.05, 0.1) is 21.6 Å². The zero-order valence-corrected chi connectivity index (χ0v) is 14.5. The van der Waals surface area contributed by atoms with Gasteiger partial charge in [0.2, 0.25) is 0 Å². The van der Waals surface area contributed by atoms with E-state index in [9.17, 15) is 4.79 Å². The van der Waals surface area contributed by atoms with E-state index in [1.165, 1.54) is 0 Å². The molecule has 1 N–H and O–H groups in total. The predicted molar refractivity (Wildman–Crippen MR) is 97.6 cm³/mol. The van der Waals surface area contributed by atoms with Crippen LogP contribution < -0.4 is 5.32 Å². The minimum absolute atomic E-state index is 0.159. The summed E-state index contributed by atoms with van der Waals surface area (Å²) in [6, 6.07) is 15.5. The number of hydrogen-bond donors (Lipinski definition) is 1. The number of rotatable bonds is 5. The Labute approximate surface area is 146 Å². The van der Waals surface area contributed by atoms with Crippen molar-refractivity contribution in [3.05, 3.63) is 64.9 Å². The van der Waals surface area contributed by atoms with E-state index in [-0.39, 0.29) is 5.91 Å². The number of para-hydroxylation sites is 2. The van der Waals surface area contributed by atoms with Gasteiger partial charge in [-0.05, 0) is 38.1 Å². The first-order chi connectivity index (χ1) is 11.6. The van der Waals surface area contributed by atoms with E-state index in [1.54, 1.807) is 18.2 Å². The molecule has 3 rings (SSSR count). The largest absolute Gasteiger partial charge is 0.352 e. The van der Waals surface area contributed by atoms with Crippen LogP contribution in [0.5, 0.6) is 0 Å². The summed E-state index contributed by atoms with van der Waals surface area (Å²) in [6.45, 7) is 4.79. The quantitative estimate of drug-likeness (QED) is 0.754. The number of nitrogens with one attached hydrogen (secondary N) is 1. The molecule has 1 amide bonds. The smallest absolute Gasteiger partial charge is 0.252 e. The maximum absolute atomic E-state index is 12.2. The molecule has 24 heavy (non-hydrogen) atoms. The van der Waals surface area contributed by atoms with Crippen LogP contribution in [0.4, 0.5) is 0 Å². The Kier molecular flexibility index (Phi) is 4.86. The van der Waals surface area contributed by atoms with Crippen molar-refractivity contribution < 1.29 is 4.79 Å². The standard InChI is InChI=1S/C19H20ClN3O/c1-13(2)23-17-10-6-5-9-16(17)22-18(23)11-12-21-19(24)14-7-3-4-8-15(14)20/h3-10,13H,11-12H2,1-2H3,(H,21,24). The average Bonchev–Trinajstić information content (AvgIpc) is 2.93. The number of benzene rings is 2. The topological polar surface area (TPSA) is 46.9 Å². The van der Waals surface area contributed by atoms with Gasteiger partial charge in [-0.25, -0.2) is 4.98 Å². The van der Waals surface area contributed by atoms with Crippen molar-refractivity contribution in [2.75, 3.05) is 6.54 Å². The molecular weight excluding hydrogens is 322 g/mol. The van der Waals surface area contributed by atoms with Crippen LogP contribution in [-0.2, 0) is 6.42 Å². The van der Waals surface area contributed by atoms with Crippen LogP contribution >= 0.6 is 11.6 Å². The van der Waals surface area contributed by atoms with Crippen molar-refractivity contribution >= 4 is 28.5 Å². The molecule has 5 heteroatoms. The van der Waals surface area contributed by atoms with Gasteiger partial charge in [-0.2, -0.15) is 0 Å². The van der Waals surface area contributed by atoms with Gasteiger partial charge in [-0.1, -0.05) is 35.9 Å². The number of carbonyl (C=O) groups is 1. The lowest BCUT2D eigenvalue weighted by molar-refractivity contribution is 0.0954. The van der Waals surface area contributed by atoms with Crippen LogP contribution in [0.2, 0.25) is 5.02 Å². The number of halogens is 1. The van der Waals surface area contributed by atoms with Gasteiger partial charge in [0.15, 0.2) is 0 Å². The van der Waals surface area contributed by atoms with Crippen LogP contribution in [0, 0.1) is 0 Å². The summed E-state index contributed by atoms with van der Waals surface area (Å²) in [7, 11) is 0. The van der Waals surface area contributed by atoms with Crippen LogP contribution in [0.25, 0.3) is 11.0 Å². The maximum atomic E-state index is 12.2. The summed E-state index contributed by atoms with van der Waals surface area (Å²) in [5.41, 5.74) is 2.61. The lowest BCUT2D eigenvalue weighted by Crippen LogP contribution is -2.26. The maximum Gasteiger partial charge on any atom is 0.252 e. The SMILES string of the molecule is CC(C)n1c(CCNC(=O)c2ccccc2Cl)nc2ccccc21. The van der Waals surface area contributed by atoms with Crippen LogP contribution in [0.1, 0.15) is 36.1 Å². The fourth-order valence-electron chi connectivity index (χ4n) is 2.88. The molecule has 0 spiro atoms. The van der Waals surface area contributed by atoms with E-state index in [0.29, 0.717) is 29.6 Å². The zero-order valence-electron chi connectivity index (χ0n) is 13.8. The van der Waals surface area contributed by atoms with Gasteiger partial charge in [0, 0.05) is 19.0 Å². The molecule has 1 heterocycles. The van der Waals surface area contributed by atoms with Gasteiger partial charge in [-0.3, -0.25) is 4.79 Å². The van der Waals surface area contributed by atoms with Gasteiger partial charge in [0.25, 0.3) is 5.91 Å². The van der Waals surface area contributed by atoms with E-state index in [2.05, 4.69) is 29.8 Å². The monoisotopic (exact) mass is 341 g/mol. The minimum atomic E-state index is -0.159. The number of aromatic nitrogens is 2. The molecule has 0 saturated carbocycles. The minimum Gasteiger partial charge on any atom is -0.352 e. The Bertz CT molecular complexity index is 870. The molecule has 0 atom stereocenters. The molecule has 3 aromatic rings. The third kappa shape index (κ3) is 3.29. The van der Waals surface area contributed by atoms with Crippen molar-refractivity contribution in [3.8, 4) is 0 Å². The van der Waals surface area contributed by atoms with E-state index in [4.69, 9.17) is 16.6 Å². The summed E-state index contributed by atoms with van der Waals surface area (Å²) in [4.78, 5) is 16.9. The normalized spacial score (nSPS) is 11.2. The molecular formula is C19H20ClN3O. The number of fused-ring (bicyclic) bond motifs is 1. The lowest BCUT2D eigenvalue weighted by atomic mass is 10.2. The molecule has 0 aliphatic carbocycles. The number of carbonyl (C=O) groups excluding carboxylic acids is 1. The molecule has 2 aromatic carbocycles. The van der Waals surface area contributed by atoms with Crippen LogP contribution in [0.3, 0.4) is 0 Å². The molecule has 1 aromatic heterocycles. The molecule has 0 aliphatic heterocycles. The number of hydrogen-bond acceptors (Lipinski definition) is 2. The predicted octanol–water partition coefficient (Wildman–Crippen LogP) is 4.24. The van der Waals surface area contributed by atoms with Gasteiger partial charge in [0.1, 0.15) is 5.82 Å². The van der Waals surface area contributed by atoms with Crippen molar-refractivity contribution in [2.45, 2.75) is 26.3 Å². The van der Waals surface area contributed by atoms with E-state index < -0.39 is 0 Å². The van der Waals surface area contributed by atoms with E-state index in [0.717, 1.165) is 16.9 Å². The number of amides is 1. The van der Waals surface area contributed by atoms with Crippen LogP contribution in [-0.4, -0.2) is 22.0 Å². The van der Waals surface area contributed by atoms with E-state index >= 15 is 0 Å². The number of imidazole rings is 1. The average molecular weight is 342 g/mol. The van der Waals surface area contributed by atoms with Crippen molar-refractivity contribution in [1.29, 1.82) is 0 Å². The Balaban J connectivity index is 1.73. The molecule has 0 saturated heterocycles. The second kappa shape index (κ2) is 7.05. The Morgan fingerprint density at radius 2 is 1.88 bits per heavy atom. The highest BCUT2D eigenvalue weighted by molar-refractivity contribution is 6.33. The highest BCUT2D eigenvalue weighted by Gasteiger charge is 2.14. The second-order valence-corrected chi connectivity index (χ2v) is 6.37. The van der Waals surface area contributed by atoms with Gasteiger partial charge in [-0.15, -0.1) is 0 Å². The van der Waals surface area contributed by atoms with Crippen molar-refractivity contribution in [2.24, 2.45) is 0 Å². The van der Waals surface area contributed by atoms with Crippen molar-refractivity contribution in [1.82, 2.24) is 14.9 Å². The fraction of sp³-hybridized carbons (Fsp3) is 0.263. The van der Waals surface area contributed by atoms with Gasteiger partial charge < -0.3 is 9.88 Å². The molecule has 0 bridgehead atoms. The first kappa shape index (κ1) is 16.5. The first-order valence-electron chi connectivity index (χ1n) is 8.06. The highest BCUT2D eigenvalue weighted by Crippen LogP contribution is 2.21. The van der Waals surface area contributed by atoms with E-state index in [1.807, 2.05) is 24.3 Å². The highest BCUT2D eigenvalue weighted by atomic mass is 35.5. The lowest BCUT2D eigenvalue weighted by Gasteiger charge is -2.13. The summed E-state index contributed by atoms with van der Waals surface area (Å²) in [5.74, 6) is 0.818. The third-order valence-corrected chi connectivity index (χ3v) is 4.27. The molecule has 124 valence electrons. The summed E-state index contributed by atoms with van der Waals surface area (Å²) >= 11 is 6.06. The van der Waals surface area contributed by atoms with Gasteiger partial charge >= 0.3 is 0 Å². The Morgan fingerprint density at radius 3 is 2.62 bits per heavy atom. The first-order valence-corrected chi connectivity index (χ1v) is 8.44. The summed E-state index contributed by atoms with van der Waals surface area (Å²) in [6.07, 6.45) is 0.670. The number of nitrogens with zero attached hydrogens (tertiary/aromatic N) is 2. The summed E-state index contributed by atoms with van der Waals surface area (Å²) < 4.78 is 2.22.